The number of nitrogens with zero attached hydrogens (tertiary/aromatic N) is 3. The summed E-state index contributed by atoms with van der Waals surface area (Å²) in [5, 5.41) is 11.1. The molecule has 0 bridgehead atoms. The van der Waals surface area contributed by atoms with Crippen LogP contribution in [0.5, 0.6) is 5.75 Å². The molecule has 1 N–H and O–H groups in total. The Bertz CT molecular complexity index is 975. The topological polar surface area (TPSA) is 69.0 Å². The van der Waals surface area contributed by atoms with E-state index in [2.05, 4.69) is 36.4 Å². The van der Waals surface area contributed by atoms with Crippen molar-refractivity contribution in [1.82, 2.24) is 15.0 Å². The normalized spacial score (nSPS) is 11.2. The Morgan fingerprint density at radius 3 is 2.72 bits per heavy atom. The van der Waals surface area contributed by atoms with E-state index in [1.807, 2.05) is 48.5 Å². The summed E-state index contributed by atoms with van der Waals surface area (Å²) in [5.74, 6) is 0.931. The fourth-order valence-corrected chi connectivity index (χ4v) is 2.80. The van der Waals surface area contributed by atoms with E-state index in [1.54, 1.807) is 17.0 Å². The first kappa shape index (κ1) is 20.3. The van der Waals surface area contributed by atoms with Gasteiger partial charge in [0.15, 0.2) is 0 Å². The van der Waals surface area contributed by atoms with Gasteiger partial charge in [0, 0.05) is 11.8 Å². The van der Waals surface area contributed by atoms with Crippen molar-refractivity contribution in [3.05, 3.63) is 72.1 Å². The van der Waals surface area contributed by atoms with Gasteiger partial charge in [0.25, 0.3) is 0 Å². The van der Waals surface area contributed by atoms with Gasteiger partial charge in [0.1, 0.15) is 5.75 Å². The number of ether oxygens (including phenoxy) is 1. The highest BCUT2D eigenvalue weighted by Gasteiger charge is 2.10. The molecular formula is C23H26N4O2. The molecule has 1 aromatic heterocycles. The van der Waals surface area contributed by atoms with Gasteiger partial charge in [-0.2, -0.15) is 0 Å². The molecule has 0 unspecified atom stereocenters. The Morgan fingerprint density at radius 1 is 1.21 bits per heavy atom. The maximum atomic E-state index is 12.3. The summed E-state index contributed by atoms with van der Waals surface area (Å²) in [6, 6.07) is 15.2. The minimum absolute atomic E-state index is 0.198. The lowest BCUT2D eigenvalue weighted by molar-refractivity contribution is -0.111. The molecule has 0 radical (unpaired) electrons. The van der Waals surface area contributed by atoms with E-state index < -0.39 is 0 Å². The molecule has 0 aliphatic carbocycles. The number of hydrogen-bond donors (Lipinski definition) is 1. The molecule has 2 aromatic carbocycles. The van der Waals surface area contributed by atoms with Crippen LogP contribution < -0.4 is 10.1 Å². The van der Waals surface area contributed by atoms with E-state index in [4.69, 9.17) is 4.74 Å². The van der Waals surface area contributed by atoms with E-state index in [-0.39, 0.29) is 5.91 Å². The molecule has 150 valence electrons. The SMILES string of the molecule is CCCOc1ccc(/C=C/C(=O)Nc2cccc(-n3nncc3C(C)C)c2)cc1. The van der Waals surface area contributed by atoms with E-state index in [1.165, 1.54) is 6.08 Å². The molecule has 0 fully saturated rings. The molecule has 0 saturated heterocycles. The first-order valence-electron chi connectivity index (χ1n) is 9.79. The molecule has 6 heteroatoms. The second kappa shape index (κ2) is 9.68. The lowest BCUT2D eigenvalue weighted by atomic mass is 10.1. The molecule has 0 spiro atoms. The van der Waals surface area contributed by atoms with Gasteiger partial charge < -0.3 is 10.1 Å². The van der Waals surface area contributed by atoms with Crippen molar-refractivity contribution >= 4 is 17.7 Å². The molecule has 3 aromatic rings. The molecule has 1 amide bonds. The van der Waals surface area contributed by atoms with Crippen LogP contribution in [0.1, 0.15) is 44.4 Å². The van der Waals surface area contributed by atoms with Crippen LogP contribution in [-0.2, 0) is 4.79 Å². The van der Waals surface area contributed by atoms with Crippen LogP contribution in [0.15, 0.2) is 60.8 Å². The number of carbonyl (C=O) groups is 1. The van der Waals surface area contributed by atoms with Gasteiger partial charge in [-0.15, -0.1) is 5.10 Å². The van der Waals surface area contributed by atoms with Gasteiger partial charge in [-0.25, -0.2) is 4.68 Å². The zero-order valence-electron chi connectivity index (χ0n) is 17.0. The van der Waals surface area contributed by atoms with Crippen molar-refractivity contribution in [3.8, 4) is 11.4 Å². The van der Waals surface area contributed by atoms with Gasteiger partial charge >= 0.3 is 0 Å². The molecule has 0 atom stereocenters. The Kier molecular flexibility index (Phi) is 6.79. The third kappa shape index (κ3) is 5.54. The first-order valence-corrected chi connectivity index (χ1v) is 9.79. The van der Waals surface area contributed by atoms with Crippen LogP contribution >= 0.6 is 0 Å². The molecule has 0 aliphatic heterocycles. The van der Waals surface area contributed by atoms with E-state index in [9.17, 15) is 4.79 Å². The van der Waals surface area contributed by atoms with Crippen LogP contribution in [0.4, 0.5) is 5.69 Å². The van der Waals surface area contributed by atoms with Gasteiger partial charge in [0.2, 0.25) is 5.91 Å². The van der Waals surface area contributed by atoms with Crippen LogP contribution in [0.2, 0.25) is 0 Å². The summed E-state index contributed by atoms with van der Waals surface area (Å²) < 4.78 is 7.35. The predicted octanol–water partition coefficient (Wildman–Crippen LogP) is 4.83. The lowest BCUT2D eigenvalue weighted by Gasteiger charge is -2.10. The highest BCUT2D eigenvalue weighted by molar-refractivity contribution is 6.02. The Balaban J connectivity index is 1.65. The molecular weight excluding hydrogens is 364 g/mol. The minimum Gasteiger partial charge on any atom is -0.494 e. The number of aromatic nitrogens is 3. The molecule has 6 nitrogen and oxygen atoms in total. The maximum Gasteiger partial charge on any atom is 0.248 e. The standard InChI is InChI=1S/C23H26N4O2/c1-4-14-29-21-11-8-18(9-12-21)10-13-23(28)25-19-6-5-7-20(15-19)27-22(17(2)3)16-24-26-27/h5-13,15-17H,4,14H2,1-3H3,(H,25,28)/b13-10+. The van der Waals surface area contributed by atoms with Crippen LogP contribution in [-0.4, -0.2) is 27.5 Å². The molecule has 3 rings (SSSR count). The zero-order chi connectivity index (χ0) is 20.6. The lowest BCUT2D eigenvalue weighted by Crippen LogP contribution is -2.09. The smallest absolute Gasteiger partial charge is 0.248 e. The summed E-state index contributed by atoms with van der Waals surface area (Å²) in [7, 11) is 0. The molecule has 0 aliphatic rings. The van der Waals surface area contributed by atoms with Crippen molar-refractivity contribution in [2.45, 2.75) is 33.1 Å². The third-order valence-corrected chi connectivity index (χ3v) is 4.31. The van der Waals surface area contributed by atoms with Gasteiger partial charge in [-0.1, -0.05) is 44.2 Å². The second-order valence-electron chi connectivity index (χ2n) is 7.02. The second-order valence-corrected chi connectivity index (χ2v) is 7.02. The highest BCUT2D eigenvalue weighted by Crippen LogP contribution is 2.20. The monoisotopic (exact) mass is 390 g/mol. The predicted molar refractivity (Wildman–Crippen MR) is 115 cm³/mol. The summed E-state index contributed by atoms with van der Waals surface area (Å²) in [6.45, 7) is 6.95. The first-order chi connectivity index (χ1) is 14.1. The van der Waals surface area contributed by atoms with Crippen molar-refractivity contribution in [2.75, 3.05) is 11.9 Å². The van der Waals surface area contributed by atoms with Gasteiger partial charge in [-0.05, 0) is 54.3 Å². The molecule has 0 saturated carbocycles. The number of rotatable bonds is 8. The third-order valence-electron chi connectivity index (χ3n) is 4.31. The van der Waals surface area contributed by atoms with Crippen molar-refractivity contribution in [3.63, 3.8) is 0 Å². The maximum absolute atomic E-state index is 12.3. The van der Waals surface area contributed by atoms with Crippen molar-refractivity contribution in [1.29, 1.82) is 0 Å². The summed E-state index contributed by atoms with van der Waals surface area (Å²) in [4.78, 5) is 12.3. The summed E-state index contributed by atoms with van der Waals surface area (Å²) >= 11 is 0. The fourth-order valence-electron chi connectivity index (χ4n) is 2.80. The van der Waals surface area contributed by atoms with E-state index in [0.29, 0.717) is 18.2 Å². The Morgan fingerprint density at radius 2 is 2.00 bits per heavy atom. The van der Waals surface area contributed by atoms with Gasteiger partial charge in [0.05, 0.1) is 24.2 Å². The van der Waals surface area contributed by atoms with Crippen LogP contribution in [0, 0.1) is 0 Å². The largest absolute Gasteiger partial charge is 0.494 e. The molecule has 1 heterocycles. The number of benzene rings is 2. The Hall–Kier alpha value is -3.41. The van der Waals surface area contributed by atoms with Crippen LogP contribution in [0.3, 0.4) is 0 Å². The van der Waals surface area contributed by atoms with E-state index in [0.717, 1.165) is 29.1 Å². The number of carbonyl (C=O) groups excluding carboxylic acids is 1. The van der Waals surface area contributed by atoms with Crippen molar-refractivity contribution in [2.24, 2.45) is 0 Å². The average Bonchev–Trinajstić information content (AvgIpc) is 3.22. The number of anilines is 1. The fraction of sp³-hybridized carbons (Fsp3) is 0.261. The van der Waals surface area contributed by atoms with Crippen LogP contribution in [0.25, 0.3) is 11.8 Å². The number of hydrogen-bond acceptors (Lipinski definition) is 4. The summed E-state index contributed by atoms with van der Waals surface area (Å²) in [6.07, 6.45) is 6.02. The average molecular weight is 390 g/mol. The van der Waals surface area contributed by atoms with Crippen molar-refractivity contribution < 1.29 is 9.53 Å². The number of amides is 1. The number of nitrogens with one attached hydrogen (secondary N) is 1. The van der Waals surface area contributed by atoms with Gasteiger partial charge in [-0.3, -0.25) is 4.79 Å². The van der Waals surface area contributed by atoms with E-state index >= 15 is 0 Å². The minimum atomic E-state index is -0.198. The highest BCUT2D eigenvalue weighted by atomic mass is 16.5. The summed E-state index contributed by atoms with van der Waals surface area (Å²) in [5.41, 5.74) is 3.50. The zero-order valence-corrected chi connectivity index (χ0v) is 17.0. The molecule has 29 heavy (non-hydrogen) atoms. The quantitative estimate of drug-likeness (QED) is 0.559. The Labute approximate surface area is 171 Å².